The van der Waals surface area contributed by atoms with Crippen LogP contribution in [-0.2, 0) is 6.42 Å². The summed E-state index contributed by atoms with van der Waals surface area (Å²) in [6.45, 7) is 4.68. The Morgan fingerprint density at radius 2 is 1.64 bits per heavy atom. The molecule has 0 N–H and O–H groups in total. The molecule has 0 unspecified atom stereocenters. The minimum Gasteiger partial charge on any atom is -0.493 e. The van der Waals surface area contributed by atoms with Gasteiger partial charge in [-0.2, -0.15) is 0 Å². The maximum absolute atomic E-state index is 13.6. The van der Waals surface area contributed by atoms with E-state index >= 15 is 0 Å². The smallest absolute Gasteiger partial charge is 0.290 e. The molecule has 0 saturated carbocycles. The molecule has 0 spiro atoms. The molecule has 5 rings (SSSR count). The third-order valence-corrected chi connectivity index (χ3v) is 6.88. The maximum atomic E-state index is 13.6. The van der Waals surface area contributed by atoms with Gasteiger partial charge in [0.25, 0.3) is 5.91 Å². The van der Waals surface area contributed by atoms with Crippen molar-refractivity contribution in [2.75, 3.05) is 20.8 Å². The van der Waals surface area contributed by atoms with Crippen LogP contribution in [0.5, 0.6) is 11.5 Å². The standard InChI is InChI=1S/C30H29NO5/c1-18(2)20-10-12-21(13-11-20)27-26-28(32)22-7-5-6-8-23(22)36-29(26)30(33)31(27)16-15-19-9-14-24(34-3)25(17-19)35-4/h5-14,17-18,27H,15-16H2,1-4H3/t27-/m0/s1. The topological polar surface area (TPSA) is 69.0 Å². The van der Waals surface area contributed by atoms with Crippen LogP contribution in [0.25, 0.3) is 11.0 Å². The Morgan fingerprint density at radius 1 is 0.917 bits per heavy atom. The molecule has 6 nitrogen and oxygen atoms in total. The fraction of sp³-hybridized carbons (Fsp3) is 0.267. The van der Waals surface area contributed by atoms with E-state index in [1.54, 1.807) is 37.3 Å². The normalized spacial score (nSPS) is 15.0. The molecule has 1 aliphatic rings. The molecule has 1 atom stereocenters. The van der Waals surface area contributed by atoms with Gasteiger partial charge in [0.1, 0.15) is 5.58 Å². The summed E-state index contributed by atoms with van der Waals surface area (Å²) >= 11 is 0. The number of hydrogen-bond donors (Lipinski definition) is 0. The second-order valence-corrected chi connectivity index (χ2v) is 9.33. The van der Waals surface area contributed by atoms with E-state index < -0.39 is 6.04 Å². The lowest BCUT2D eigenvalue weighted by Crippen LogP contribution is -2.31. The van der Waals surface area contributed by atoms with E-state index in [0.717, 1.165) is 11.1 Å². The number of amides is 1. The second kappa shape index (κ2) is 9.53. The number of carbonyl (C=O) groups excluding carboxylic acids is 1. The van der Waals surface area contributed by atoms with E-state index in [1.807, 2.05) is 36.4 Å². The van der Waals surface area contributed by atoms with Gasteiger partial charge in [-0.15, -0.1) is 0 Å². The van der Waals surface area contributed by atoms with Crippen LogP contribution < -0.4 is 14.9 Å². The first-order valence-electron chi connectivity index (χ1n) is 12.1. The van der Waals surface area contributed by atoms with Gasteiger partial charge in [-0.25, -0.2) is 0 Å². The molecule has 0 radical (unpaired) electrons. The molecule has 0 saturated heterocycles. The molecule has 1 amide bonds. The summed E-state index contributed by atoms with van der Waals surface area (Å²) in [4.78, 5) is 29.0. The lowest BCUT2D eigenvalue weighted by atomic mass is 9.95. The minimum absolute atomic E-state index is 0.129. The Morgan fingerprint density at radius 3 is 2.33 bits per heavy atom. The largest absolute Gasteiger partial charge is 0.493 e. The minimum atomic E-state index is -0.519. The van der Waals surface area contributed by atoms with Crippen LogP contribution in [0.2, 0.25) is 0 Å². The molecule has 6 heteroatoms. The third-order valence-electron chi connectivity index (χ3n) is 6.88. The highest BCUT2D eigenvalue weighted by Crippen LogP contribution is 2.39. The number of carbonyl (C=O) groups is 1. The van der Waals surface area contributed by atoms with E-state index in [0.29, 0.717) is 46.9 Å². The van der Waals surface area contributed by atoms with Crippen molar-refractivity contribution in [2.45, 2.75) is 32.2 Å². The van der Waals surface area contributed by atoms with Crippen molar-refractivity contribution in [1.29, 1.82) is 0 Å². The Hall–Kier alpha value is -4.06. The Bertz CT molecular complexity index is 1490. The molecule has 184 valence electrons. The fourth-order valence-corrected chi connectivity index (χ4v) is 4.89. The first-order chi connectivity index (χ1) is 17.4. The number of ether oxygens (including phenoxy) is 2. The van der Waals surface area contributed by atoms with Crippen molar-refractivity contribution < 1.29 is 18.7 Å². The zero-order valence-corrected chi connectivity index (χ0v) is 20.9. The quantitative estimate of drug-likeness (QED) is 0.336. The van der Waals surface area contributed by atoms with Gasteiger partial charge in [0.15, 0.2) is 16.9 Å². The summed E-state index contributed by atoms with van der Waals surface area (Å²) in [5.41, 5.74) is 3.75. The van der Waals surface area contributed by atoms with Crippen LogP contribution in [0.4, 0.5) is 0 Å². The van der Waals surface area contributed by atoms with Gasteiger partial charge in [-0.3, -0.25) is 9.59 Å². The first-order valence-corrected chi connectivity index (χ1v) is 12.1. The number of para-hydroxylation sites is 1. The number of nitrogens with zero attached hydrogens (tertiary/aromatic N) is 1. The molecule has 4 aromatic rings. The van der Waals surface area contributed by atoms with Crippen LogP contribution in [0.3, 0.4) is 0 Å². The average molecular weight is 484 g/mol. The first kappa shape index (κ1) is 23.7. The van der Waals surface area contributed by atoms with Crippen molar-refractivity contribution in [1.82, 2.24) is 4.90 Å². The molecule has 1 aliphatic heterocycles. The summed E-state index contributed by atoms with van der Waals surface area (Å²) in [5.74, 6) is 1.52. The van der Waals surface area contributed by atoms with Crippen LogP contribution in [0.15, 0.2) is 75.9 Å². The molecular weight excluding hydrogens is 454 g/mol. The molecule has 0 fully saturated rings. The highest BCUT2D eigenvalue weighted by Gasteiger charge is 2.42. The third kappa shape index (κ3) is 4.02. The molecule has 36 heavy (non-hydrogen) atoms. The van der Waals surface area contributed by atoms with Gasteiger partial charge < -0.3 is 18.8 Å². The Labute approximate surface area is 210 Å². The van der Waals surface area contributed by atoms with Gasteiger partial charge in [0.2, 0.25) is 5.76 Å². The van der Waals surface area contributed by atoms with Gasteiger partial charge in [0, 0.05) is 6.54 Å². The van der Waals surface area contributed by atoms with E-state index in [2.05, 4.69) is 26.0 Å². The van der Waals surface area contributed by atoms with Crippen LogP contribution in [0.1, 0.15) is 58.6 Å². The summed E-state index contributed by atoms with van der Waals surface area (Å²) in [5, 5.41) is 0.481. The van der Waals surface area contributed by atoms with Crippen molar-refractivity contribution >= 4 is 16.9 Å². The fourth-order valence-electron chi connectivity index (χ4n) is 4.89. The number of hydrogen-bond acceptors (Lipinski definition) is 5. The van der Waals surface area contributed by atoms with E-state index in [1.165, 1.54) is 5.56 Å². The van der Waals surface area contributed by atoms with Crippen molar-refractivity contribution in [3.63, 3.8) is 0 Å². The monoisotopic (exact) mass is 483 g/mol. The van der Waals surface area contributed by atoms with Gasteiger partial charge in [-0.1, -0.05) is 56.3 Å². The second-order valence-electron chi connectivity index (χ2n) is 9.33. The summed E-state index contributed by atoms with van der Waals surface area (Å²) in [6, 6.07) is 20.5. The van der Waals surface area contributed by atoms with E-state index in [9.17, 15) is 9.59 Å². The average Bonchev–Trinajstić information content (AvgIpc) is 3.18. The van der Waals surface area contributed by atoms with E-state index in [4.69, 9.17) is 13.9 Å². The lowest BCUT2D eigenvalue weighted by Gasteiger charge is -2.25. The van der Waals surface area contributed by atoms with Crippen molar-refractivity contribution in [3.8, 4) is 11.5 Å². The maximum Gasteiger partial charge on any atom is 0.290 e. The van der Waals surface area contributed by atoms with Gasteiger partial charge in [-0.05, 0) is 53.3 Å². The summed E-state index contributed by atoms with van der Waals surface area (Å²) in [7, 11) is 3.20. The zero-order chi connectivity index (χ0) is 25.4. The Kier molecular flexibility index (Phi) is 6.27. The predicted octanol–water partition coefficient (Wildman–Crippen LogP) is 5.72. The SMILES string of the molecule is COc1ccc(CCN2C(=O)c3oc4ccccc4c(=O)c3[C@@H]2c2ccc(C(C)C)cc2)cc1OC. The molecule has 0 bridgehead atoms. The van der Waals surface area contributed by atoms with Crippen LogP contribution >= 0.6 is 0 Å². The highest BCUT2D eigenvalue weighted by atomic mass is 16.5. The van der Waals surface area contributed by atoms with Gasteiger partial charge in [0.05, 0.1) is 31.2 Å². The highest BCUT2D eigenvalue weighted by molar-refractivity contribution is 5.99. The van der Waals surface area contributed by atoms with Crippen molar-refractivity contribution in [2.24, 2.45) is 0 Å². The molecule has 3 aromatic carbocycles. The summed E-state index contributed by atoms with van der Waals surface area (Å²) < 4.78 is 16.8. The van der Waals surface area contributed by atoms with Crippen LogP contribution in [-0.4, -0.2) is 31.6 Å². The number of rotatable bonds is 7. The lowest BCUT2D eigenvalue weighted by molar-refractivity contribution is 0.0730. The van der Waals surface area contributed by atoms with E-state index in [-0.39, 0.29) is 17.1 Å². The number of benzene rings is 3. The Balaban J connectivity index is 1.57. The molecule has 0 aliphatic carbocycles. The van der Waals surface area contributed by atoms with Crippen LogP contribution in [0, 0.1) is 0 Å². The predicted molar refractivity (Wildman–Crippen MR) is 139 cm³/mol. The number of methoxy groups -OCH3 is 2. The van der Waals surface area contributed by atoms with Crippen molar-refractivity contribution in [3.05, 3.63) is 105 Å². The summed E-state index contributed by atoms with van der Waals surface area (Å²) in [6.07, 6.45) is 0.578. The molecule has 2 heterocycles. The molecule has 1 aromatic heterocycles. The zero-order valence-electron chi connectivity index (χ0n) is 20.9. The van der Waals surface area contributed by atoms with Gasteiger partial charge >= 0.3 is 0 Å². The number of fused-ring (bicyclic) bond motifs is 2. The molecular formula is C30H29NO5.